The molecular formula is C14H17FO4S. The molecule has 1 rings (SSSR count). The number of sulfone groups is 1. The summed E-state index contributed by atoms with van der Waals surface area (Å²) < 4.78 is 42.7. The molecule has 0 aliphatic rings. The van der Waals surface area contributed by atoms with Gasteiger partial charge < -0.3 is 4.74 Å². The van der Waals surface area contributed by atoms with Crippen molar-refractivity contribution in [2.45, 2.75) is 31.1 Å². The van der Waals surface area contributed by atoms with Crippen molar-refractivity contribution in [3.8, 4) is 0 Å². The van der Waals surface area contributed by atoms with Gasteiger partial charge in [0.1, 0.15) is 5.82 Å². The molecule has 0 fully saturated rings. The van der Waals surface area contributed by atoms with E-state index in [1.54, 1.807) is 13.8 Å². The zero-order chi connectivity index (χ0) is 15.5. The van der Waals surface area contributed by atoms with Crippen molar-refractivity contribution in [3.63, 3.8) is 0 Å². The normalized spacial score (nSPS) is 13.1. The Hall–Kier alpha value is -1.69. The first-order valence-corrected chi connectivity index (χ1v) is 7.57. The predicted octanol–water partition coefficient (Wildman–Crippen LogP) is 2.70. The van der Waals surface area contributed by atoms with Gasteiger partial charge >= 0.3 is 5.97 Å². The van der Waals surface area contributed by atoms with E-state index in [4.69, 9.17) is 4.74 Å². The maximum atomic E-state index is 12.9. The molecule has 0 aliphatic heterocycles. The standard InChI is InChI=1S/C14H17FO4S/c1-9(2)13(16)19-14(10(3)4)20(17,18)12-7-5-11(15)6-8-12/h5-8,10,14H,1H2,2-4H3. The van der Waals surface area contributed by atoms with Crippen LogP contribution in [0, 0.1) is 11.7 Å². The van der Waals surface area contributed by atoms with Crippen molar-refractivity contribution in [2.24, 2.45) is 5.92 Å². The topological polar surface area (TPSA) is 60.4 Å². The van der Waals surface area contributed by atoms with E-state index in [0.717, 1.165) is 24.3 Å². The van der Waals surface area contributed by atoms with Gasteiger partial charge in [0.05, 0.1) is 4.90 Å². The van der Waals surface area contributed by atoms with Crippen LogP contribution in [0.25, 0.3) is 0 Å². The van der Waals surface area contributed by atoms with Gasteiger partial charge in [-0.15, -0.1) is 0 Å². The van der Waals surface area contributed by atoms with Crippen LogP contribution < -0.4 is 0 Å². The van der Waals surface area contributed by atoms with E-state index >= 15 is 0 Å². The summed E-state index contributed by atoms with van der Waals surface area (Å²) in [6.07, 6.45) is 0. The third kappa shape index (κ3) is 3.66. The van der Waals surface area contributed by atoms with Crippen LogP contribution in [0.2, 0.25) is 0 Å². The van der Waals surface area contributed by atoms with Crippen molar-refractivity contribution >= 4 is 15.8 Å². The van der Waals surface area contributed by atoms with E-state index in [0.29, 0.717) is 0 Å². The van der Waals surface area contributed by atoms with Crippen LogP contribution >= 0.6 is 0 Å². The molecule has 0 amide bonds. The highest BCUT2D eigenvalue weighted by molar-refractivity contribution is 7.92. The third-order valence-electron chi connectivity index (χ3n) is 2.56. The van der Waals surface area contributed by atoms with Crippen molar-refractivity contribution < 1.29 is 22.3 Å². The molecule has 0 spiro atoms. The van der Waals surface area contributed by atoms with E-state index in [9.17, 15) is 17.6 Å². The molecule has 1 aromatic rings. The van der Waals surface area contributed by atoms with Crippen LogP contribution in [0.15, 0.2) is 41.3 Å². The summed E-state index contributed by atoms with van der Waals surface area (Å²) in [7, 11) is -3.90. The Morgan fingerprint density at radius 3 is 2.15 bits per heavy atom. The SMILES string of the molecule is C=C(C)C(=O)OC(C(C)C)S(=O)(=O)c1ccc(F)cc1. The molecule has 1 unspecified atom stereocenters. The minimum absolute atomic E-state index is 0.0906. The van der Waals surface area contributed by atoms with E-state index in [1.165, 1.54) is 6.92 Å². The quantitative estimate of drug-likeness (QED) is 0.476. The van der Waals surface area contributed by atoms with Crippen LogP contribution in [-0.2, 0) is 19.4 Å². The van der Waals surface area contributed by atoms with Crippen LogP contribution in [-0.4, -0.2) is 19.8 Å². The van der Waals surface area contributed by atoms with E-state index < -0.39 is 33.0 Å². The van der Waals surface area contributed by atoms with Crippen molar-refractivity contribution in [2.75, 3.05) is 0 Å². The van der Waals surface area contributed by atoms with Gasteiger partial charge in [-0.05, 0) is 31.2 Å². The van der Waals surface area contributed by atoms with Crippen LogP contribution in [0.3, 0.4) is 0 Å². The van der Waals surface area contributed by atoms with E-state index in [1.807, 2.05) is 0 Å². The summed E-state index contributed by atoms with van der Waals surface area (Å²) in [6, 6.07) is 4.39. The summed E-state index contributed by atoms with van der Waals surface area (Å²) in [5.41, 5.74) is -1.22. The first kappa shape index (κ1) is 16.4. The Morgan fingerprint density at radius 2 is 1.75 bits per heavy atom. The smallest absolute Gasteiger partial charge is 0.334 e. The third-order valence-corrected chi connectivity index (χ3v) is 4.75. The average molecular weight is 300 g/mol. The van der Waals surface area contributed by atoms with Gasteiger partial charge in [-0.25, -0.2) is 17.6 Å². The first-order valence-electron chi connectivity index (χ1n) is 6.02. The average Bonchev–Trinajstić information content (AvgIpc) is 2.35. The van der Waals surface area contributed by atoms with Crippen LogP contribution in [0.4, 0.5) is 4.39 Å². The molecule has 0 saturated carbocycles. The summed E-state index contributed by atoms with van der Waals surface area (Å²) in [6.45, 7) is 8.09. The molecule has 0 aromatic heterocycles. The van der Waals surface area contributed by atoms with Crippen molar-refractivity contribution in [1.29, 1.82) is 0 Å². The first-order chi connectivity index (χ1) is 9.16. The molecule has 0 radical (unpaired) electrons. The zero-order valence-corrected chi connectivity index (χ0v) is 12.4. The summed E-state index contributed by atoms with van der Waals surface area (Å²) >= 11 is 0. The van der Waals surface area contributed by atoms with Crippen LogP contribution in [0.5, 0.6) is 0 Å². The minimum Gasteiger partial charge on any atom is -0.442 e. The molecular weight excluding hydrogens is 283 g/mol. The number of hydrogen-bond acceptors (Lipinski definition) is 4. The molecule has 0 heterocycles. The fraction of sp³-hybridized carbons (Fsp3) is 0.357. The van der Waals surface area contributed by atoms with Gasteiger partial charge in [0.15, 0.2) is 0 Å². The van der Waals surface area contributed by atoms with E-state index in [2.05, 4.69) is 6.58 Å². The summed E-state index contributed by atoms with van der Waals surface area (Å²) in [5, 5.41) is 0. The predicted molar refractivity (Wildman–Crippen MR) is 73.1 cm³/mol. The van der Waals surface area contributed by atoms with Crippen molar-refractivity contribution in [3.05, 3.63) is 42.2 Å². The van der Waals surface area contributed by atoms with Gasteiger partial charge in [0, 0.05) is 11.5 Å². The molecule has 1 aromatic carbocycles. The van der Waals surface area contributed by atoms with Crippen LogP contribution in [0.1, 0.15) is 20.8 Å². The highest BCUT2D eigenvalue weighted by Gasteiger charge is 2.33. The number of hydrogen-bond donors (Lipinski definition) is 0. The largest absolute Gasteiger partial charge is 0.442 e. The number of carbonyl (C=O) groups is 1. The molecule has 110 valence electrons. The Balaban J connectivity index is 3.16. The highest BCUT2D eigenvalue weighted by Crippen LogP contribution is 2.23. The minimum atomic E-state index is -3.90. The van der Waals surface area contributed by atoms with E-state index in [-0.39, 0.29) is 10.5 Å². The highest BCUT2D eigenvalue weighted by atomic mass is 32.2. The second-order valence-electron chi connectivity index (χ2n) is 4.80. The lowest BCUT2D eigenvalue weighted by atomic mass is 10.2. The maximum absolute atomic E-state index is 12.9. The lowest BCUT2D eigenvalue weighted by Gasteiger charge is -2.21. The number of rotatable bonds is 5. The Bertz CT molecular complexity index is 603. The van der Waals surface area contributed by atoms with Gasteiger partial charge in [0.25, 0.3) is 0 Å². The Morgan fingerprint density at radius 1 is 1.25 bits per heavy atom. The summed E-state index contributed by atoms with van der Waals surface area (Å²) in [4.78, 5) is 11.5. The molecule has 0 N–H and O–H groups in total. The molecule has 6 heteroatoms. The fourth-order valence-electron chi connectivity index (χ4n) is 1.52. The number of carbonyl (C=O) groups excluding carboxylic acids is 1. The van der Waals surface area contributed by atoms with Crippen molar-refractivity contribution in [1.82, 2.24) is 0 Å². The Kier molecular flexibility index (Phi) is 5.05. The molecule has 0 bridgehead atoms. The molecule has 1 atom stereocenters. The number of ether oxygens (including phenoxy) is 1. The molecule has 0 aliphatic carbocycles. The number of benzene rings is 1. The zero-order valence-electron chi connectivity index (χ0n) is 11.6. The number of halogens is 1. The van der Waals surface area contributed by atoms with Gasteiger partial charge in [-0.3, -0.25) is 0 Å². The second kappa shape index (κ2) is 6.17. The van der Waals surface area contributed by atoms with Gasteiger partial charge in [0.2, 0.25) is 15.3 Å². The summed E-state index contributed by atoms with van der Waals surface area (Å²) in [5.74, 6) is -1.76. The monoisotopic (exact) mass is 300 g/mol. The maximum Gasteiger partial charge on any atom is 0.334 e. The Labute approximate surface area is 118 Å². The number of esters is 1. The molecule has 0 saturated heterocycles. The van der Waals surface area contributed by atoms with Gasteiger partial charge in [-0.1, -0.05) is 20.4 Å². The van der Waals surface area contributed by atoms with Gasteiger partial charge in [-0.2, -0.15) is 0 Å². The molecule has 20 heavy (non-hydrogen) atoms. The lowest BCUT2D eigenvalue weighted by Crippen LogP contribution is -2.32. The lowest BCUT2D eigenvalue weighted by molar-refractivity contribution is -0.142. The second-order valence-corrected chi connectivity index (χ2v) is 6.82. The molecule has 4 nitrogen and oxygen atoms in total. The fourth-order valence-corrected chi connectivity index (χ4v) is 3.24.